The first-order chi connectivity index (χ1) is 7.72. The van der Waals surface area contributed by atoms with Crippen LogP contribution in [0.4, 0.5) is 0 Å². The van der Waals surface area contributed by atoms with Gasteiger partial charge in [-0.1, -0.05) is 0 Å². The molecule has 88 valence electrons. The van der Waals surface area contributed by atoms with E-state index in [1.807, 2.05) is 11.4 Å². The lowest BCUT2D eigenvalue weighted by Gasteiger charge is -2.19. The van der Waals surface area contributed by atoms with Crippen LogP contribution in [-0.4, -0.2) is 25.2 Å². The largest absolute Gasteiger partial charge is 0.379 e. The minimum atomic E-state index is -0.00387. The fourth-order valence-electron chi connectivity index (χ4n) is 2.06. The van der Waals surface area contributed by atoms with E-state index in [1.165, 1.54) is 11.3 Å². The van der Waals surface area contributed by atoms with Gasteiger partial charge in [-0.15, -0.1) is 11.3 Å². The van der Waals surface area contributed by atoms with Gasteiger partial charge in [-0.2, -0.15) is 0 Å². The second-order valence-electron chi connectivity index (χ2n) is 3.88. The first-order valence-corrected chi connectivity index (χ1v) is 6.96. The number of thiophene rings is 1. The fourth-order valence-corrected chi connectivity index (χ4v) is 3.52. The highest BCUT2D eigenvalue weighted by atomic mass is 79.9. The number of hydrogen-bond acceptors (Lipinski definition) is 3. The lowest BCUT2D eigenvalue weighted by Crippen LogP contribution is -2.40. The molecule has 1 fully saturated rings. The van der Waals surface area contributed by atoms with E-state index in [4.69, 9.17) is 4.74 Å². The van der Waals surface area contributed by atoms with Crippen molar-refractivity contribution in [2.75, 3.05) is 7.11 Å². The van der Waals surface area contributed by atoms with Crippen LogP contribution in [0.1, 0.15) is 28.9 Å². The molecule has 1 aliphatic rings. The average molecular weight is 304 g/mol. The van der Waals surface area contributed by atoms with E-state index in [2.05, 4.69) is 21.2 Å². The van der Waals surface area contributed by atoms with Crippen LogP contribution in [0.15, 0.2) is 15.9 Å². The Morgan fingerprint density at radius 2 is 2.44 bits per heavy atom. The summed E-state index contributed by atoms with van der Waals surface area (Å²) in [5.41, 5.74) is 0. The number of halogens is 1. The first kappa shape index (κ1) is 12.1. The molecule has 1 aromatic heterocycles. The highest BCUT2D eigenvalue weighted by molar-refractivity contribution is 9.10. The molecule has 1 aliphatic carbocycles. The molecule has 1 heterocycles. The van der Waals surface area contributed by atoms with Crippen LogP contribution in [0, 0.1) is 0 Å². The van der Waals surface area contributed by atoms with Crippen molar-refractivity contribution in [2.45, 2.75) is 31.4 Å². The van der Waals surface area contributed by atoms with Gasteiger partial charge in [-0.3, -0.25) is 4.79 Å². The SMILES string of the molecule is COC1CCCC1NC(=O)c1sccc1Br. The zero-order valence-electron chi connectivity index (χ0n) is 9.03. The lowest BCUT2D eigenvalue weighted by atomic mass is 10.2. The molecule has 2 rings (SSSR count). The van der Waals surface area contributed by atoms with Crippen LogP contribution in [0.25, 0.3) is 0 Å². The fraction of sp³-hybridized carbons (Fsp3) is 0.545. The predicted octanol–water partition coefficient (Wildman–Crippen LogP) is 2.81. The Balaban J connectivity index is 2.00. The monoisotopic (exact) mass is 303 g/mol. The number of amides is 1. The number of carbonyl (C=O) groups is 1. The van der Waals surface area contributed by atoms with Crippen LogP contribution in [0.5, 0.6) is 0 Å². The van der Waals surface area contributed by atoms with Crippen LogP contribution < -0.4 is 5.32 Å². The van der Waals surface area contributed by atoms with Gasteiger partial charge in [-0.25, -0.2) is 0 Å². The van der Waals surface area contributed by atoms with Crippen LogP contribution in [0.2, 0.25) is 0 Å². The molecule has 1 N–H and O–H groups in total. The van der Waals surface area contributed by atoms with Crippen molar-refractivity contribution >= 4 is 33.2 Å². The van der Waals surface area contributed by atoms with E-state index in [9.17, 15) is 4.79 Å². The van der Waals surface area contributed by atoms with E-state index < -0.39 is 0 Å². The third kappa shape index (κ3) is 2.47. The van der Waals surface area contributed by atoms with Gasteiger partial charge in [0.05, 0.1) is 12.1 Å². The van der Waals surface area contributed by atoms with Crippen molar-refractivity contribution in [1.82, 2.24) is 5.32 Å². The summed E-state index contributed by atoms with van der Waals surface area (Å²) in [7, 11) is 1.70. The van der Waals surface area contributed by atoms with Crippen LogP contribution in [0.3, 0.4) is 0 Å². The summed E-state index contributed by atoms with van der Waals surface area (Å²) < 4.78 is 6.21. The Morgan fingerprint density at radius 1 is 1.62 bits per heavy atom. The molecule has 16 heavy (non-hydrogen) atoms. The normalized spacial score (nSPS) is 24.6. The number of rotatable bonds is 3. The van der Waals surface area contributed by atoms with E-state index >= 15 is 0 Å². The molecule has 0 radical (unpaired) electrons. The summed E-state index contributed by atoms with van der Waals surface area (Å²) in [5.74, 6) is -0.00387. The van der Waals surface area contributed by atoms with Crippen molar-refractivity contribution in [1.29, 1.82) is 0 Å². The molecule has 3 nitrogen and oxygen atoms in total. The molecule has 2 atom stereocenters. The zero-order chi connectivity index (χ0) is 11.5. The highest BCUT2D eigenvalue weighted by Crippen LogP contribution is 2.25. The van der Waals surface area contributed by atoms with E-state index in [0.29, 0.717) is 0 Å². The standard InChI is InChI=1S/C11H14BrNO2S/c1-15-9-4-2-3-8(9)13-11(14)10-7(12)5-6-16-10/h5-6,8-9H,2-4H2,1H3,(H,13,14). The summed E-state index contributed by atoms with van der Waals surface area (Å²) in [6, 6.07) is 2.05. The van der Waals surface area contributed by atoms with Gasteiger partial charge in [0, 0.05) is 11.6 Å². The Hall–Kier alpha value is -0.390. The third-order valence-corrected chi connectivity index (χ3v) is 4.73. The highest BCUT2D eigenvalue weighted by Gasteiger charge is 2.29. The molecule has 0 spiro atoms. The minimum Gasteiger partial charge on any atom is -0.379 e. The van der Waals surface area contributed by atoms with Crippen molar-refractivity contribution in [3.63, 3.8) is 0 Å². The van der Waals surface area contributed by atoms with Gasteiger partial charge in [0.2, 0.25) is 0 Å². The molecule has 1 amide bonds. The van der Waals surface area contributed by atoms with Crippen LogP contribution in [-0.2, 0) is 4.74 Å². The smallest absolute Gasteiger partial charge is 0.262 e. The second kappa shape index (κ2) is 5.29. The molecule has 0 saturated heterocycles. The maximum Gasteiger partial charge on any atom is 0.262 e. The first-order valence-electron chi connectivity index (χ1n) is 5.29. The average Bonchev–Trinajstić information content (AvgIpc) is 2.86. The molecular weight excluding hydrogens is 290 g/mol. The number of methoxy groups -OCH3 is 1. The molecule has 1 saturated carbocycles. The molecular formula is C11H14BrNO2S. The van der Waals surface area contributed by atoms with Crippen molar-refractivity contribution < 1.29 is 9.53 Å². The molecule has 2 unspecified atom stereocenters. The van der Waals surface area contributed by atoms with Gasteiger partial charge in [0.25, 0.3) is 5.91 Å². The number of ether oxygens (including phenoxy) is 1. The van der Waals surface area contributed by atoms with E-state index in [0.717, 1.165) is 28.6 Å². The summed E-state index contributed by atoms with van der Waals surface area (Å²) in [4.78, 5) is 12.7. The van der Waals surface area contributed by atoms with Gasteiger partial charge in [-0.05, 0) is 46.6 Å². The quantitative estimate of drug-likeness (QED) is 0.932. The molecule has 1 aromatic rings. The zero-order valence-corrected chi connectivity index (χ0v) is 11.4. The minimum absolute atomic E-state index is 0.00387. The van der Waals surface area contributed by atoms with Gasteiger partial charge in [0.15, 0.2) is 0 Å². The van der Waals surface area contributed by atoms with E-state index in [1.54, 1.807) is 7.11 Å². The summed E-state index contributed by atoms with van der Waals surface area (Å²) in [5, 5.41) is 4.94. The Kier molecular flexibility index (Phi) is 4.00. The van der Waals surface area contributed by atoms with Gasteiger partial charge in [0.1, 0.15) is 4.88 Å². The van der Waals surface area contributed by atoms with Crippen molar-refractivity contribution in [2.24, 2.45) is 0 Å². The maximum absolute atomic E-state index is 12.0. The molecule has 0 aromatic carbocycles. The topological polar surface area (TPSA) is 38.3 Å². The van der Waals surface area contributed by atoms with Crippen molar-refractivity contribution in [3.8, 4) is 0 Å². The number of carbonyl (C=O) groups excluding carboxylic acids is 1. The summed E-state index contributed by atoms with van der Waals surface area (Å²) >= 11 is 4.82. The Labute approximate surface area is 107 Å². The molecule has 5 heteroatoms. The summed E-state index contributed by atoms with van der Waals surface area (Å²) in [6.45, 7) is 0. The Morgan fingerprint density at radius 3 is 3.06 bits per heavy atom. The lowest BCUT2D eigenvalue weighted by molar-refractivity contribution is 0.0724. The van der Waals surface area contributed by atoms with E-state index in [-0.39, 0.29) is 18.1 Å². The van der Waals surface area contributed by atoms with Crippen molar-refractivity contribution in [3.05, 3.63) is 20.8 Å². The molecule has 0 bridgehead atoms. The van der Waals surface area contributed by atoms with Gasteiger partial charge >= 0.3 is 0 Å². The third-order valence-electron chi connectivity index (χ3n) is 2.90. The number of hydrogen-bond donors (Lipinski definition) is 1. The Bertz CT molecular complexity index is 380. The predicted molar refractivity (Wildman–Crippen MR) is 67.9 cm³/mol. The number of nitrogens with one attached hydrogen (secondary N) is 1. The molecule has 0 aliphatic heterocycles. The second-order valence-corrected chi connectivity index (χ2v) is 5.65. The van der Waals surface area contributed by atoms with Crippen LogP contribution >= 0.6 is 27.3 Å². The summed E-state index contributed by atoms with van der Waals surface area (Å²) in [6.07, 6.45) is 3.33. The van der Waals surface area contributed by atoms with Gasteiger partial charge < -0.3 is 10.1 Å². The maximum atomic E-state index is 12.0.